The van der Waals surface area contributed by atoms with E-state index < -0.39 is 24.3 Å². The minimum Gasteiger partial charge on any atom is -0.545 e. The first kappa shape index (κ1) is 73.8. The summed E-state index contributed by atoms with van der Waals surface area (Å²) in [6, 6.07) is 0. The number of esters is 2. The Bertz CT molecular complexity index is 1300. The first-order chi connectivity index (χ1) is 37.1. The number of carbonyl (C=O) groups excluding carboxylic acids is 3. The van der Waals surface area contributed by atoms with E-state index in [0.717, 1.165) is 44.9 Å². The lowest BCUT2D eigenvalue weighted by molar-refractivity contribution is -0.870. The van der Waals surface area contributed by atoms with Crippen LogP contribution < -0.4 is 5.11 Å². The van der Waals surface area contributed by atoms with E-state index in [1.165, 1.54) is 257 Å². The molecule has 2 atom stereocenters. The summed E-state index contributed by atoms with van der Waals surface area (Å²) in [7, 11) is 5.94. The number of rotatable bonds is 62. The molecule has 0 saturated heterocycles. The van der Waals surface area contributed by atoms with Gasteiger partial charge in [0.2, 0.25) is 0 Å². The van der Waals surface area contributed by atoms with Crippen LogP contribution in [0.15, 0.2) is 24.3 Å². The van der Waals surface area contributed by atoms with Gasteiger partial charge in [-0.1, -0.05) is 295 Å². The molecule has 0 N–H and O–H groups in total. The molecule has 0 saturated carbocycles. The molecule has 2 unspecified atom stereocenters. The number of unbranched alkanes of at least 4 members (excludes halogenated alkanes) is 43. The lowest BCUT2D eigenvalue weighted by atomic mass is 10.0. The zero-order valence-corrected chi connectivity index (χ0v) is 51.2. The van der Waals surface area contributed by atoms with Crippen molar-refractivity contribution in [2.24, 2.45) is 0 Å². The average molecular weight is 1070 g/mol. The quantitative estimate of drug-likeness (QED) is 0.0195. The second kappa shape index (κ2) is 58.9. The van der Waals surface area contributed by atoms with E-state index in [4.69, 9.17) is 18.9 Å². The summed E-state index contributed by atoms with van der Waals surface area (Å²) >= 11 is 0. The van der Waals surface area contributed by atoms with Crippen LogP contribution in [0.1, 0.15) is 328 Å². The van der Waals surface area contributed by atoms with Gasteiger partial charge >= 0.3 is 11.9 Å². The standard InChI is InChI=1S/C67H127NO8/c1-6-8-10-12-14-16-18-20-22-24-26-28-29-30-31-32-33-34-35-36-37-38-40-42-44-46-48-50-52-54-56-58-65(70)76-63(62-75-67(66(71)72)73-60-59-68(3,4)5)61-74-64(69)57-55-53-51-49-47-45-43-41-39-27-25-23-21-19-17-15-13-11-9-7-2/h18,20,24,26,63,67H,6-17,19,21-23,25,27-62H2,1-5H3/b20-18-,26-24-. The molecule has 9 heteroatoms. The van der Waals surface area contributed by atoms with Crippen molar-refractivity contribution < 1.29 is 42.9 Å². The highest BCUT2D eigenvalue weighted by Gasteiger charge is 2.22. The van der Waals surface area contributed by atoms with Gasteiger partial charge in [-0.05, 0) is 44.9 Å². The second-order valence-corrected chi connectivity index (χ2v) is 23.8. The molecular formula is C67H127NO8. The molecule has 0 bridgehead atoms. The molecule has 0 fully saturated rings. The van der Waals surface area contributed by atoms with Crippen molar-refractivity contribution in [3.8, 4) is 0 Å². The number of carboxylic acids is 1. The number of aliphatic carboxylic acids is 1. The second-order valence-electron chi connectivity index (χ2n) is 23.8. The van der Waals surface area contributed by atoms with Gasteiger partial charge in [0.15, 0.2) is 12.4 Å². The number of carbonyl (C=O) groups is 3. The summed E-state index contributed by atoms with van der Waals surface area (Å²) in [6.45, 7) is 4.81. The van der Waals surface area contributed by atoms with Gasteiger partial charge in [0.1, 0.15) is 13.2 Å². The Balaban J connectivity index is 4.08. The van der Waals surface area contributed by atoms with Crippen molar-refractivity contribution in [3.63, 3.8) is 0 Å². The largest absolute Gasteiger partial charge is 0.545 e. The van der Waals surface area contributed by atoms with E-state index in [-0.39, 0.29) is 32.2 Å². The van der Waals surface area contributed by atoms with Crippen molar-refractivity contribution in [2.45, 2.75) is 341 Å². The minimum absolute atomic E-state index is 0.152. The number of likely N-dealkylation sites (N-methyl/N-ethyl adjacent to an activating group) is 1. The maximum atomic E-state index is 12.9. The molecule has 0 aliphatic heterocycles. The van der Waals surface area contributed by atoms with Gasteiger partial charge in [-0.2, -0.15) is 0 Å². The van der Waals surface area contributed by atoms with E-state index >= 15 is 0 Å². The first-order valence-corrected chi connectivity index (χ1v) is 33.0. The van der Waals surface area contributed by atoms with Crippen molar-refractivity contribution >= 4 is 17.9 Å². The number of nitrogens with zero attached hydrogens (tertiary/aromatic N) is 1. The van der Waals surface area contributed by atoms with E-state index in [0.29, 0.717) is 17.4 Å². The van der Waals surface area contributed by atoms with Crippen LogP contribution in [0.4, 0.5) is 0 Å². The van der Waals surface area contributed by atoms with Crippen molar-refractivity contribution in [1.29, 1.82) is 0 Å². The van der Waals surface area contributed by atoms with Gasteiger partial charge in [0.05, 0.1) is 40.3 Å². The van der Waals surface area contributed by atoms with Crippen LogP contribution in [-0.2, 0) is 33.3 Å². The van der Waals surface area contributed by atoms with Gasteiger partial charge in [0, 0.05) is 12.8 Å². The summed E-state index contributed by atoms with van der Waals surface area (Å²) in [5.41, 5.74) is 0. The summed E-state index contributed by atoms with van der Waals surface area (Å²) < 4.78 is 22.8. The van der Waals surface area contributed by atoms with E-state index in [1.807, 2.05) is 21.1 Å². The Morgan fingerprint density at radius 3 is 1.04 bits per heavy atom. The van der Waals surface area contributed by atoms with Gasteiger partial charge < -0.3 is 33.3 Å². The maximum absolute atomic E-state index is 12.9. The van der Waals surface area contributed by atoms with E-state index in [2.05, 4.69) is 38.2 Å². The number of carboxylic acid groups (broad SMARTS) is 1. The van der Waals surface area contributed by atoms with Crippen LogP contribution in [0.2, 0.25) is 0 Å². The number of allylic oxidation sites excluding steroid dienone is 4. The smallest absolute Gasteiger partial charge is 0.306 e. The van der Waals surface area contributed by atoms with Crippen molar-refractivity contribution in [3.05, 3.63) is 24.3 Å². The average Bonchev–Trinajstić information content (AvgIpc) is 3.39. The van der Waals surface area contributed by atoms with Crippen molar-refractivity contribution in [1.82, 2.24) is 0 Å². The normalized spacial score (nSPS) is 12.8. The molecule has 0 heterocycles. The molecule has 76 heavy (non-hydrogen) atoms. The molecule has 0 aromatic heterocycles. The maximum Gasteiger partial charge on any atom is 0.306 e. The fourth-order valence-electron chi connectivity index (χ4n) is 9.87. The van der Waals surface area contributed by atoms with Crippen LogP contribution in [0.3, 0.4) is 0 Å². The van der Waals surface area contributed by atoms with E-state index in [1.54, 1.807) is 0 Å². The molecule has 0 amide bonds. The molecule has 0 spiro atoms. The van der Waals surface area contributed by atoms with Crippen LogP contribution >= 0.6 is 0 Å². The number of hydrogen-bond acceptors (Lipinski definition) is 8. The predicted octanol–water partition coefficient (Wildman–Crippen LogP) is 18.5. The Kier molecular flexibility index (Phi) is 57.2. The SMILES string of the molecule is CCCCCCC/C=C\C/C=C\CCCCCCCCCCCCCCCCCCCCCC(=O)OC(COC(=O)CCCCCCCCCCCCCCCCCCCCCC)COC(OCC[N+](C)(C)C)C(=O)[O-]. The summed E-state index contributed by atoms with van der Waals surface area (Å²) in [5, 5.41) is 11.8. The summed E-state index contributed by atoms with van der Waals surface area (Å²) in [5.74, 6) is -2.25. The molecule has 0 radical (unpaired) electrons. The molecule has 448 valence electrons. The zero-order chi connectivity index (χ0) is 55.5. The zero-order valence-electron chi connectivity index (χ0n) is 51.2. The Morgan fingerprint density at radius 2 is 0.711 bits per heavy atom. The molecule has 0 rings (SSSR count). The first-order valence-electron chi connectivity index (χ1n) is 33.0. The third-order valence-corrected chi connectivity index (χ3v) is 15.0. The van der Waals surface area contributed by atoms with Crippen LogP contribution in [0, 0.1) is 0 Å². The lowest BCUT2D eigenvalue weighted by Gasteiger charge is -2.26. The minimum atomic E-state index is -1.62. The van der Waals surface area contributed by atoms with Gasteiger partial charge in [-0.15, -0.1) is 0 Å². The Hall–Kier alpha value is -2.23. The predicted molar refractivity (Wildman–Crippen MR) is 320 cm³/mol. The highest BCUT2D eigenvalue weighted by Crippen LogP contribution is 2.18. The lowest BCUT2D eigenvalue weighted by Crippen LogP contribution is -2.44. The van der Waals surface area contributed by atoms with Crippen LogP contribution in [0.5, 0.6) is 0 Å². The molecular weight excluding hydrogens is 947 g/mol. The summed E-state index contributed by atoms with van der Waals surface area (Å²) in [4.78, 5) is 37.4. The molecule has 0 aliphatic carbocycles. The Labute approximate surface area is 471 Å². The summed E-state index contributed by atoms with van der Waals surface area (Å²) in [6.07, 6.45) is 68.2. The van der Waals surface area contributed by atoms with Gasteiger partial charge in [-0.25, -0.2) is 0 Å². The van der Waals surface area contributed by atoms with Crippen molar-refractivity contribution in [2.75, 3.05) is 47.5 Å². The molecule has 0 aromatic carbocycles. The number of ether oxygens (including phenoxy) is 4. The molecule has 9 nitrogen and oxygen atoms in total. The highest BCUT2D eigenvalue weighted by atomic mass is 16.7. The van der Waals surface area contributed by atoms with Crippen LogP contribution in [-0.4, -0.2) is 82.3 Å². The van der Waals surface area contributed by atoms with Crippen LogP contribution in [0.25, 0.3) is 0 Å². The Morgan fingerprint density at radius 1 is 0.395 bits per heavy atom. The third-order valence-electron chi connectivity index (χ3n) is 15.0. The number of quaternary nitrogens is 1. The van der Waals surface area contributed by atoms with E-state index in [9.17, 15) is 19.5 Å². The van der Waals surface area contributed by atoms with Gasteiger partial charge in [-0.3, -0.25) is 9.59 Å². The number of hydrogen-bond donors (Lipinski definition) is 0. The fraction of sp³-hybridized carbons (Fsp3) is 0.896. The fourth-order valence-corrected chi connectivity index (χ4v) is 9.87. The third kappa shape index (κ3) is 59.4. The monoisotopic (exact) mass is 1070 g/mol. The highest BCUT2D eigenvalue weighted by molar-refractivity contribution is 5.70. The van der Waals surface area contributed by atoms with Gasteiger partial charge in [0.25, 0.3) is 0 Å². The topological polar surface area (TPSA) is 111 Å². The molecule has 0 aliphatic rings. The molecule has 0 aromatic rings.